The second-order valence-electron chi connectivity index (χ2n) is 5.64. The van der Waals surface area contributed by atoms with Crippen LogP contribution in [-0.4, -0.2) is 11.1 Å². The lowest BCUT2D eigenvalue weighted by Gasteiger charge is -2.15. The van der Waals surface area contributed by atoms with Crippen molar-refractivity contribution in [2.75, 3.05) is 0 Å². The number of rotatable bonds is 1. The molecular formula is C18H10O2S4. The van der Waals surface area contributed by atoms with Crippen LogP contribution in [0.5, 0.6) is 0 Å². The maximum atomic E-state index is 11.8. The van der Waals surface area contributed by atoms with Crippen LogP contribution < -0.4 is 0 Å². The van der Waals surface area contributed by atoms with E-state index in [1.165, 1.54) is 32.9 Å². The fourth-order valence-corrected chi connectivity index (χ4v) is 6.83. The maximum absolute atomic E-state index is 11.8. The average molecular weight is 387 g/mol. The molecule has 118 valence electrons. The van der Waals surface area contributed by atoms with Gasteiger partial charge in [-0.25, -0.2) is 4.79 Å². The van der Waals surface area contributed by atoms with Crippen LogP contribution in [-0.2, 0) is 0 Å². The molecule has 0 saturated carbocycles. The third-order valence-electron chi connectivity index (χ3n) is 4.40. The molecule has 5 rings (SSSR count). The van der Waals surface area contributed by atoms with E-state index in [9.17, 15) is 9.90 Å². The van der Waals surface area contributed by atoms with E-state index in [2.05, 4.69) is 33.8 Å². The van der Waals surface area contributed by atoms with Crippen molar-refractivity contribution in [2.24, 2.45) is 0 Å². The third-order valence-corrected chi connectivity index (χ3v) is 7.77. The highest BCUT2D eigenvalue weighted by Gasteiger charge is 2.29. The lowest BCUT2D eigenvalue weighted by Crippen LogP contribution is -1.98. The van der Waals surface area contributed by atoms with Gasteiger partial charge in [0.25, 0.3) is 0 Å². The zero-order valence-corrected chi connectivity index (χ0v) is 15.7. The quantitative estimate of drug-likeness (QED) is 0.339. The van der Waals surface area contributed by atoms with Gasteiger partial charge in [0.05, 0.1) is 0 Å². The van der Waals surface area contributed by atoms with E-state index in [-0.39, 0.29) is 0 Å². The molecule has 4 aromatic rings. The standard InChI is InChI=1S/C18H10O2S4/c1-8-15-13(6-23-8)11-4-21-2-9(11)10-3-22-5-12(10)14-7-24-17(16(14)15)18(19)20/h2-7H,1H3,(H,19,20). The highest BCUT2D eigenvalue weighted by Crippen LogP contribution is 2.54. The first-order valence-corrected chi connectivity index (χ1v) is 10.9. The number of hydrogen-bond acceptors (Lipinski definition) is 5. The molecule has 4 aromatic heterocycles. The molecule has 0 fully saturated rings. The summed E-state index contributed by atoms with van der Waals surface area (Å²) in [6.45, 7) is 2.08. The average Bonchev–Trinajstić information content (AvgIpc) is 3.29. The Bertz CT molecular complexity index is 1110. The number of fused-ring (bicyclic) bond motifs is 8. The van der Waals surface area contributed by atoms with Crippen molar-refractivity contribution >= 4 is 51.3 Å². The summed E-state index contributed by atoms with van der Waals surface area (Å²) >= 11 is 6.39. The Morgan fingerprint density at radius 2 is 1.25 bits per heavy atom. The summed E-state index contributed by atoms with van der Waals surface area (Å²) in [6.07, 6.45) is 0. The predicted octanol–water partition coefficient (Wildman–Crippen LogP) is 6.92. The molecule has 1 aliphatic carbocycles. The van der Waals surface area contributed by atoms with E-state index in [0.717, 1.165) is 27.8 Å². The Morgan fingerprint density at radius 1 is 0.750 bits per heavy atom. The molecule has 1 aliphatic rings. The van der Waals surface area contributed by atoms with Gasteiger partial charge in [-0.1, -0.05) is 0 Å². The summed E-state index contributed by atoms with van der Waals surface area (Å²) in [4.78, 5) is 13.4. The number of carboxylic acids is 1. The van der Waals surface area contributed by atoms with E-state index in [4.69, 9.17) is 0 Å². The van der Waals surface area contributed by atoms with Crippen molar-refractivity contribution in [3.8, 4) is 44.5 Å². The van der Waals surface area contributed by atoms with Gasteiger partial charge in [0, 0.05) is 54.8 Å². The number of aryl methyl sites for hydroxylation is 1. The third kappa shape index (κ3) is 1.82. The van der Waals surface area contributed by atoms with Gasteiger partial charge < -0.3 is 5.11 Å². The number of aromatic carboxylic acids is 1. The highest BCUT2D eigenvalue weighted by atomic mass is 32.1. The minimum Gasteiger partial charge on any atom is -0.477 e. The van der Waals surface area contributed by atoms with Crippen LogP contribution in [0.1, 0.15) is 14.5 Å². The monoisotopic (exact) mass is 386 g/mol. The first-order valence-electron chi connectivity index (χ1n) is 7.23. The number of hydrogen-bond donors (Lipinski definition) is 1. The Morgan fingerprint density at radius 3 is 1.83 bits per heavy atom. The van der Waals surface area contributed by atoms with Gasteiger partial charge in [-0.05, 0) is 33.8 Å². The summed E-state index contributed by atoms with van der Waals surface area (Å²) in [5.74, 6) is -0.847. The molecule has 0 saturated heterocycles. The van der Waals surface area contributed by atoms with E-state index >= 15 is 0 Å². The van der Waals surface area contributed by atoms with Crippen LogP contribution in [0, 0.1) is 6.92 Å². The van der Waals surface area contributed by atoms with Crippen LogP contribution >= 0.6 is 45.3 Å². The van der Waals surface area contributed by atoms with Crippen LogP contribution in [0.3, 0.4) is 0 Å². The van der Waals surface area contributed by atoms with Crippen molar-refractivity contribution in [3.05, 3.63) is 42.0 Å². The van der Waals surface area contributed by atoms with E-state index in [0.29, 0.717) is 4.88 Å². The molecule has 2 nitrogen and oxygen atoms in total. The molecule has 0 amide bonds. The molecule has 0 bridgehead atoms. The zero-order chi connectivity index (χ0) is 16.4. The number of thiophene rings is 4. The summed E-state index contributed by atoms with van der Waals surface area (Å²) in [5.41, 5.74) is 9.01. The molecule has 0 spiro atoms. The van der Waals surface area contributed by atoms with Crippen molar-refractivity contribution in [1.29, 1.82) is 0 Å². The summed E-state index contributed by atoms with van der Waals surface area (Å²) in [7, 11) is 0. The first-order chi connectivity index (χ1) is 11.7. The van der Waals surface area contributed by atoms with Crippen molar-refractivity contribution in [2.45, 2.75) is 6.92 Å². The first kappa shape index (κ1) is 14.6. The largest absolute Gasteiger partial charge is 0.477 e. The molecule has 0 atom stereocenters. The molecular weight excluding hydrogens is 376 g/mol. The zero-order valence-electron chi connectivity index (χ0n) is 12.5. The SMILES string of the molecule is Cc1scc2c1-c1c(csc1C(=O)O)-c1cscc1-c1cscc1-2. The molecule has 4 heterocycles. The summed E-state index contributed by atoms with van der Waals surface area (Å²) < 4.78 is 0. The summed E-state index contributed by atoms with van der Waals surface area (Å²) in [6, 6.07) is 0. The van der Waals surface area contributed by atoms with E-state index in [1.54, 1.807) is 34.0 Å². The van der Waals surface area contributed by atoms with Gasteiger partial charge in [-0.3, -0.25) is 0 Å². The lowest BCUT2D eigenvalue weighted by atomic mass is 9.86. The van der Waals surface area contributed by atoms with Crippen LogP contribution in [0.4, 0.5) is 0 Å². The molecule has 0 aliphatic heterocycles. The molecule has 1 N–H and O–H groups in total. The number of carbonyl (C=O) groups is 1. The van der Waals surface area contributed by atoms with Gasteiger partial charge in [-0.2, -0.15) is 22.7 Å². The smallest absolute Gasteiger partial charge is 0.346 e. The van der Waals surface area contributed by atoms with Crippen molar-refractivity contribution in [1.82, 2.24) is 0 Å². The summed E-state index contributed by atoms with van der Waals surface area (Å²) in [5, 5.41) is 22.6. The predicted molar refractivity (Wildman–Crippen MR) is 105 cm³/mol. The molecule has 24 heavy (non-hydrogen) atoms. The van der Waals surface area contributed by atoms with Gasteiger partial charge in [0.15, 0.2) is 0 Å². The molecule has 0 unspecified atom stereocenters. The Balaban J connectivity index is 2.00. The van der Waals surface area contributed by atoms with Gasteiger partial charge in [0.2, 0.25) is 0 Å². The topological polar surface area (TPSA) is 37.3 Å². The Kier molecular flexibility index (Phi) is 3.12. The van der Waals surface area contributed by atoms with Gasteiger partial charge in [-0.15, -0.1) is 22.7 Å². The van der Waals surface area contributed by atoms with Crippen molar-refractivity contribution in [3.63, 3.8) is 0 Å². The normalized spacial score (nSPS) is 11.9. The van der Waals surface area contributed by atoms with Gasteiger partial charge in [0.1, 0.15) is 4.88 Å². The van der Waals surface area contributed by atoms with Crippen molar-refractivity contribution < 1.29 is 9.90 Å². The fourth-order valence-electron chi connectivity index (χ4n) is 3.35. The highest BCUT2D eigenvalue weighted by molar-refractivity contribution is 7.14. The Hall–Kier alpha value is -1.73. The minimum absolute atomic E-state index is 0.434. The molecule has 0 aromatic carbocycles. The second-order valence-corrected chi connectivity index (χ2v) is 9.09. The Labute approximate surface area is 154 Å². The second kappa shape index (κ2) is 5.13. The number of carboxylic acid groups (broad SMARTS) is 1. The van der Waals surface area contributed by atoms with Crippen LogP contribution in [0.25, 0.3) is 44.5 Å². The van der Waals surface area contributed by atoms with Crippen LogP contribution in [0.2, 0.25) is 0 Å². The van der Waals surface area contributed by atoms with E-state index in [1.807, 2.05) is 5.38 Å². The maximum Gasteiger partial charge on any atom is 0.346 e. The fraction of sp³-hybridized carbons (Fsp3) is 0.0556. The van der Waals surface area contributed by atoms with Gasteiger partial charge >= 0.3 is 5.97 Å². The molecule has 0 radical (unpaired) electrons. The van der Waals surface area contributed by atoms with E-state index < -0.39 is 5.97 Å². The minimum atomic E-state index is -0.847. The molecule has 6 heteroatoms. The van der Waals surface area contributed by atoms with Crippen LogP contribution in [0.15, 0.2) is 32.3 Å². The lowest BCUT2D eigenvalue weighted by molar-refractivity contribution is 0.0703.